The lowest BCUT2D eigenvalue weighted by Gasteiger charge is -2.30. The van der Waals surface area contributed by atoms with Gasteiger partial charge in [-0.1, -0.05) is 37.8 Å². The standard InChI is InChI=1S/C22H29N5O2/c28-21(24-17-7-3-1-2-4-8-17)19-11-12-23-22(26-19)25-18-9-5-6-10-20(18)27-13-15-29-16-14-27/h5-6,9-12,17H,1-4,7-8,13-16H2,(H,24,28)(H,23,25,26). The second kappa shape index (κ2) is 9.69. The van der Waals surface area contributed by atoms with E-state index in [0.717, 1.165) is 50.5 Å². The number of nitrogens with one attached hydrogen (secondary N) is 2. The fourth-order valence-corrected chi connectivity index (χ4v) is 4.01. The van der Waals surface area contributed by atoms with E-state index in [1.807, 2.05) is 18.2 Å². The van der Waals surface area contributed by atoms with Gasteiger partial charge in [0.1, 0.15) is 5.69 Å². The van der Waals surface area contributed by atoms with Crippen molar-refractivity contribution >= 4 is 23.2 Å². The van der Waals surface area contributed by atoms with Crippen molar-refractivity contribution < 1.29 is 9.53 Å². The molecule has 2 aromatic rings. The van der Waals surface area contributed by atoms with Crippen LogP contribution in [-0.4, -0.2) is 48.2 Å². The van der Waals surface area contributed by atoms with Crippen LogP contribution < -0.4 is 15.5 Å². The smallest absolute Gasteiger partial charge is 0.270 e. The molecule has 0 bridgehead atoms. The Hall–Kier alpha value is -2.67. The van der Waals surface area contributed by atoms with E-state index in [1.54, 1.807) is 12.3 Å². The molecular weight excluding hydrogens is 366 g/mol. The van der Waals surface area contributed by atoms with Crippen molar-refractivity contribution in [1.82, 2.24) is 15.3 Å². The van der Waals surface area contributed by atoms with Crippen molar-refractivity contribution in [2.24, 2.45) is 0 Å². The van der Waals surface area contributed by atoms with Crippen molar-refractivity contribution in [3.05, 3.63) is 42.2 Å². The molecule has 2 heterocycles. The van der Waals surface area contributed by atoms with Gasteiger partial charge in [-0.3, -0.25) is 4.79 Å². The Morgan fingerprint density at radius 3 is 2.59 bits per heavy atom. The molecule has 7 nitrogen and oxygen atoms in total. The topological polar surface area (TPSA) is 79.4 Å². The summed E-state index contributed by atoms with van der Waals surface area (Å²) in [6, 6.07) is 10.0. The van der Waals surface area contributed by atoms with E-state index in [-0.39, 0.29) is 11.9 Å². The molecule has 2 aliphatic rings. The SMILES string of the molecule is O=C(NC1CCCCCC1)c1ccnc(Nc2ccccc2N2CCOCC2)n1. The van der Waals surface area contributed by atoms with Gasteiger partial charge in [-0.25, -0.2) is 9.97 Å². The number of benzene rings is 1. The number of anilines is 3. The highest BCUT2D eigenvalue weighted by molar-refractivity contribution is 5.92. The number of hydrogen-bond acceptors (Lipinski definition) is 6. The number of morpholine rings is 1. The van der Waals surface area contributed by atoms with Gasteiger partial charge in [0.25, 0.3) is 5.91 Å². The number of amides is 1. The largest absolute Gasteiger partial charge is 0.378 e. The molecule has 1 aliphatic carbocycles. The Morgan fingerprint density at radius 1 is 1.03 bits per heavy atom. The first-order chi connectivity index (χ1) is 14.3. The van der Waals surface area contributed by atoms with E-state index in [1.165, 1.54) is 25.7 Å². The van der Waals surface area contributed by atoms with E-state index in [9.17, 15) is 4.79 Å². The summed E-state index contributed by atoms with van der Waals surface area (Å²) < 4.78 is 5.46. The first kappa shape index (κ1) is 19.6. The summed E-state index contributed by atoms with van der Waals surface area (Å²) in [6.07, 6.45) is 8.62. The van der Waals surface area contributed by atoms with Gasteiger partial charge >= 0.3 is 0 Å². The average Bonchev–Trinajstić information content (AvgIpc) is 3.04. The molecule has 29 heavy (non-hydrogen) atoms. The highest BCUT2D eigenvalue weighted by atomic mass is 16.5. The number of nitrogens with zero attached hydrogens (tertiary/aromatic N) is 3. The molecular formula is C22H29N5O2. The number of carbonyl (C=O) groups excluding carboxylic acids is 1. The van der Waals surface area contributed by atoms with Gasteiger partial charge in [-0.15, -0.1) is 0 Å². The normalized spacial score (nSPS) is 18.1. The Labute approximate surface area is 171 Å². The number of hydrogen-bond donors (Lipinski definition) is 2. The number of ether oxygens (including phenoxy) is 1. The highest BCUT2D eigenvalue weighted by Crippen LogP contribution is 2.28. The van der Waals surface area contributed by atoms with E-state index in [0.29, 0.717) is 11.6 Å². The third-order valence-corrected chi connectivity index (χ3v) is 5.58. The third-order valence-electron chi connectivity index (χ3n) is 5.58. The number of carbonyl (C=O) groups is 1. The summed E-state index contributed by atoms with van der Waals surface area (Å²) in [4.78, 5) is 23.8. The van der Waals surface area contributed by atoms with Crippen LogP contribution in [0.3, 0.4) is 0 Å². The third kappa shape index (κ3) is 5.23. The van der Waals surface area contributed by atoms with E-state index < -0.39 is 0 Å². The van der Waals surface area contributed by atoms with Crippen molar-refractivity contribution in [2.75, 3.05) is 36.5 Å². The predicted octanol–water partition coefficient (Wildman–Crippen LogP) is 3.51. The van der Waals surface area contributed by atoms with E-state index >= 15 is 0 Å². The zero-order valence-electron chi connectivity index (χ0n) is 16.8. The Kier molecular flexibility index (Phi) is 6.56. The van der Waals surface area contributed by atoms with Crippen molar-refractivity contribution in [1.29, 1.82) is 0 Å². The van der Waals surface area contributed by atoms with Crippen LogP contribution in [0.1, 0.15) is 49.0 Å². The zero-order chi connectivity index (χ0) is 19.9. The van der Waals surface area contributed by atoms with Crippen LogP contribution in [-0.2, 0) is 4.74 Å². The lowest BCUT2D eigenvalue weighted by Crippen LogP contribution is -2.36. The van der Waals surface area contributed by atoms with Crippen LogP contribution in [0.4, 0.5) is 17.3 Å². The van der Waals surface area contributed by atoms with Gasteiger partial charge < -0.3 is 20.3 Å². The molecule has 0 unspecified atom stereocenters. The summed E-state index contributed by atoms with van der Waals surface area (Å²) >= 11 is 0. The molecule has 0 atom stereocenters. The van der Waals surface area contributed by atoms with Gasteiger partial charge in [0.2, 0.25) is 5.95 Å². The molecule has 1 aromatic carbocycles. The molecule has 1 aromatic heterocycles. The summed E-state index contributed by atoms with van der Waals surface area (Å²) in [5.74, 6) is 0.308. The molecule has 154 valence electrons. The molecule has 2 N–H and O–H groups in total. The molecule has 0 radical (unpaired) electrons. The van der Waals surface area contributed by atoms with Crippen molar-refractivity contribution in [3.8, 4) is 0 Å². The maximum atomic E-state index is 12.7. The Balaban J connectivity index is 1.46. The number of rotatable bonds is 5. The molecule has 0 spiro atoms. The molecule has 1 aliphatic heterocycles. The Morgan fingerprint density at radius 2 is 1.79 bits per heavy atom. The van der Waals surface area contributed by atoms with Crippen LogP contribution >= 0.6 is 0 Å². The van der Waals surface area contributed by atoms with Gasteiger partial charge in [0.15, 0.2) is 0 Å². The summed E-state index contributed by atoms with van der Waals surface area (Å²) in [7, 11) is 0. The van der Waals surface area contributed by atoms with Gasteiger partial charge in [-0.2, -0.15) is 0 Å². The second-order valence-corrected chi connectivity index (χ2v) is 7.67. The van der Waals surface area contributed by atoms with Gasteiger partial charge in [-0.05, 0) is 31.0 Å². The minimum absolute atomic E-state index is 0.121. The van der Waals surface area contributed by atoms with Crippen LogP contribution in [0.15, 0.2) is 36.5 Å². The van der Waals surface area contributed by atoms with E-state index in [4.69, 9.17) is 4.74 Å². The lowest BCUT2D eigenvalue weighted by molar-refractivity contribution is 0.0928. The van der Waals surface area contributed by atoms with Gasteiger partial charge in [0, 0.05) is 25.3 Å². The van der Waals surface area contributed by atoms with E-state index in [2.05, 4.69) is 31.6 Å². The number of para-hydroxylation sites is 2. The molecule has 1 amide bonds. The quantitative estimate of drug-likeness (QED) is 0.755. The van der Waals surface area contributed by atoms with Crippen molar-refractivity contribution in [2.45, 2.75) is 44.6 Å². The zero-order valence-corrected chi connectivity index (χ0v) is 16.8. The number of aromatic nitrogens is 2. The molecule has 1 saturated carbocycles. The fourth-order valence-electron chi connectivity index (χ4n) is 4.01. The van der Waals surface area contributed by atoms with Crippen LogP contribution in [0.25, 0.3) is 0 Å². The average molecular weight is 396 g/mol. The van der Waals surface area contributed by atoms with Crippen LogP contribution in [0, 0.1) is 0 Å². The van der Waals surface area contributed by atoms with Crippen LogP contribution in [0.2, 0.25) is 0 Å². The molecule has 1 saturated heterocycles. The minimum atomic E-state index is -0.121. The molecule has 7 heteroatoms. The summed E-state index contributed by atoms with van der Waals surface area (Å²) in [5, 5.41) is 6.44. The highest BCUT2D eigenvalue weighted by Gasteiger charge is 2.18. The van der Waals surface area contributed by atoms with Crippen molar-refractivity contribution in [3.63, 3.8) is 0 Å². The lowest BCUT2D eigenvalue weighted by atomic mass is 10.1. The maximum absolute atomic E-state index is 12.7. The first-order valence-corrected chi connectivity index (χ1v) is 10.6. The van der Waals surface area contributed by atoms with Gasteiger partial charge in [0.05, 0.1) is 24.6 Å². The summed E-state index contributed by atoms with van der Waals surface area (Å²) in [5.41, 5.74) is 2.42. The molecule has 2 fully saturated rings. The molecule has 4 rings (SSSR count). The first-order valence-electron chi connectivity index (χ1n) is 10.6. The second-order valence-electron chi connectivity index (χ2n) is 7.67. The van der Waals surface area contributed by atoms with Crippen LogP contribution in [0.5, 0.6) is 0 Å². The summed E-state index contributed by atoms with van der Waals surface area (Å²) in [6.45, 7) is 3.15. The fraction of sp³-hybridized carbons (Fsp3) is 0.500. The maximum Gasteiger partial charge on any atom is 0.270 e. The minimum Gasteiger partial charge on any atom is -0.378 e. The monoisotopic (exact) mass is 395 g/mol. The Bertz CT molecular complexity index is 814. The predicted molar refractivity (Wildman–Crippen MR) is 114 cm³/mol.